The molecule has 1 aromatic heterocycles. The van der Waals surface area contributed by atoms with Crippen LogP contribution in [0.3, 0.4) is 0 Å². The predicted molar refractivity (Wildman–Crippen MR) is 73.2 cm³/mol. The van der Waals surface area contributed by atoms with Crippen molar-refractivity contribution in [1.82, 2.24) is 9.97 Å². The van der Waals surface area contributed by atoms with Crippen LogP contribution < -0.4 is 10.6 Å². The lowest BCUT2D eigenvalue weighted by molar-refractivity contribution is -0.116. The van der Waals surface area contributed by atoms with E-state index in [2.05, 4.69) is 9.97 Å². The number of hydrogen-bond acceptors (Lipinski definition) is 4. The molecule has 1 aromatic carbocycles. The van der Waals surface area contributed by atoms with Crippen molar-refractivity contribution in [3.63, 3.8) is 0 Å². The topological polar surface area (TPSA) is 72.1 Å². The van der Waals surface area contributed by atoms with Crippen LogP contribution in [0.1, 0.15) is 16.7 Å². The molecule has 0 aliphatic carbocycles. The molecule has 1 aliphatic heterocycles. The van der Waals surface area contributed by atoms with Crippen LogP contribution in [0, 0.1) is 13.8 Å². The molecule has 0 unspecified atom stereocenters. The van der Waals surface area contributed by atoms with Crippen LogP contribution in [0.5, 0.6) is 0 Å². The molecule has 0 radical (unpaired) electrons. The lowest BCUT2D eigenvalue weighted by atomic mass is 10.1. The van der Waals surface area contributed by atoms with Crippen LogP contribution in [0.2, 0.25) is 0 Å². The number of nitrogens with zero attached hydrogens (tertiary/aromatic N) is 3. The van der Waals surface area contributed by atoms with Crippen molar-refractivity contribution in [2.75, 3.05) is 10.6 Å². The molecule has 19 heavy (non-hydrogen) atoms. The standard InChI is InChI=1S/C14H14N4O/c1-8-3-4-11(15)13(9(8)2)18-12(19)5-10-6-16-7-17-14(10)18/h3-4,6-7H,5,15H2,1-2H3. The van der Waals surface area contributed by atoms with Gasteiger partial charge in [-0.05, 0) is 31.0 Å². The summed E-state index contributed by atoms with van der Waals surface area (Å²) in [6, 6.07) is 3.78. The maximum atomic E-state index is 12.3. The van der Waals surface area contributed by atoms with Gasteiger partial charge in [0.05, 0.1) is 17.8 Å². The van der Waals surface area contributed by atoms with Gasteiger partial charge in [-0.25, -0.2) is 9.97 Å². The fourth-order valence-electron chi connectivity index (χ4n) is 2.39. The monoisotopic (exact) mass is 254 g/mol. The number of carbonyl (C=O) groups is 1. The minimum absolute atomic E-state index is 0.0177. The number of fused-ring (bicyclic) bond motifs is 1. The molecule has 2 heterocycles. The molecule has 1 aliphatic rings. The fraction of sp³-hybridized carbons (Fsp3) is 0.214. The molecule has 0 spiro atoms. The Labute approximate surface area is 111 Å². The summed E-state index contributed by atoms with van der Waals surface area (Å²) in [6.07, 6.45) is 3.45. The third-order valence-electron chi connectivity index (χ3n) is 3.52. The Kier molecular flexibility index (Phi) is 2.48. The summed E-state index contributed by atoms with van der Waals surface area (Å²) in [5, 5.41) is 0. The fourth-order valence-corrected chi connectivity index (χ4v) is 2.39. The van der Waals surface area contributed by atoms with Crippen LogP contribution in [0.4, 0.5) is 17.2 Å². The number of aromatic nitrogens is 2. The van der Waals surface area contributed by atoms with Gasteiger partial charge in [0, 0.05) is 11.8 Å². The number of amides is 1. The number of carbonyl (C=O) groups excluding carboxylic acids is 1. The molecular formula is C14H14N4O. The molecule has 1 amide bonds. The largest absolute Gasteiger partial charge is 0.397 e. The highest BCUT2D eigenvalue weighted by Gasteiger charge is 2.32. The second-order valence-electron chi connectivity index (χ2n) is 4.72. The number of nitrogens with two attached hydrogens (primary N) is 1. The van der Waals surface area contributed by atoms with Crippen molar-refractivity contribution in [3.8, 4) is 0 Å². The maximum Gasteiger partial charge on any atom is 0.237 e. The summed E-state index contributed by atoms with van der Waals surface area (Å²) in [6.45, 7) is 3.97. The zero-order valence-electron chi connectivity index (χ0n) is 10.8. The van der Waals surface area contributed by atoms with Crippen LogP contribution in [-0.4, -0.2) is 15.9 Å². The number of aryl methyl sites for hydroxylation is 1. The van der Waals surface area contributed by atoms with Gasteiger partial charge < -0.3 is 5.73 Å². The van der Waals surface area contributed by atoms with Crippen molar-refractivity contribution in [3.05, 3.63) is 41.3 Å². The second-order valence-corrected chi connectivity index (χ2v) is 4.72. The first kappa shape index (κ1) is 11.6. The zero-order valence-corrected chi connectivity index (χ0v) is 10.8. The van der Waals surface area contributed by atoms with E-state index in [1.807, 2.05) is 26.0 Å². The average molecular weight is 254 g/mol. The summed E-state index contributed by atoms with van der Waals surface area (Å²) in [5.41, 5.74) is 10.3. The third-order valence-corrected chi connectivity index (χ3v) is 3.52. The van der Waals surface area contributed by atoms with Gasteiger partial charge in [-0.3, -0.25) is 9.69 Å². The maximum absolute atomic E-state index is 12.3. The van der Waals surface area contributed by atoms with Crippen LogP contribution in [-0.2, 0) is 11.2 Å². The van der Waals surface area contributed by atoms with E-state index in [1.165, 1.54) is 6.33 Å². The molecule has 0 atom stereocenters. The lowest BCUT2D eigenvalue weighted by Crippen LogP contribution is -2.23. The number of nitrogen functional groups attached to an aromatic ring is 1. The summed E-state index contributed by atoms with van der Waals surface area (Å²) < 4.78 is 0. The second kappa shape index (κ2) is 4.05. The van der Waals surface area contributed by atoms with Gasteiger partial charge in [-0.15, -0.1) is 0 Å². The van der Waals surface area contributed by atoms with Gasteiger partial charge in [0.1, 0.15) is 12.1 Å². The minimum atomic E-state index is -0.0177. The first-order valence-corrected chi connectivity index (χ1v) is 6.07. The Morgan fingerprint density at radius 1 is 1.32 bits per heavy atom. The average Bonchev–Trinajstić information content (AvgIpc) is 2.72. The molecule has 5 heteroatoms. The highest BCUT2D eigenvalue weighted by molar-refractivity contribution is 6.08. The van der Waals surface area contributed by atoms with E-state index in [0.717, 1.165) is 22.4 Å². The predicted octanol–water partition coefficient (Wildman–Crippen LogP) is 1.90. The molecule has 96 valence electrons. The van der Waals surface area contributed by atoms with Gasteiger partial charge in [0.15, 0.2) is 0 Å². The summed E-state index contributed by atoms with van der Waals surface area (Å²) in [4.78, 5) is 22.0. The van der Waals surface area contributed by atoms with Gasteiger partial charge in [0.2, 0.25) is 5.91 Å². The molecule has 0 saturated carbocycles. The van der Waals surface area contributed by atoms with Crippen LogP contribution >= 0.6 is 0 Å². The van der Waals surface area contributed by atoms with E-state index in [9.17, 15) is 4.79 Å². The van der Waals surface area contributed by atoms with Gasteiger partial charge in [-0.1, -0.05) is 6.07 Å². The molecule has 2 aromatic rings. The molecule has 2 N–H and O–H groups in total. The van der Waals surface area contributed by atoms with Crippen molar-refractivity contribution in [2.24, 2.45) is 0 Å². The van der Waals surface area contributed by atoms with Gasteiger partial charge in [-0.2, -0.15) is 0 Å². The summed E-state index contributed by atoms with van der Waals surface area (Å²) in [7, 11) is 0. The number of benzene rings is 1. The van der Waals surface area contributed by atoms with Crippen molar-refractivity contribution in [1.29, 1.82) is 0 Å². The SMILES string of the molecule is Cc1ccc(N)c(N2C(=O)Cc3cncnc32)c1C. The van der Waals surface area contributed by atoms with Crippen LogP contribution in [0.15, 0.2) is 24.7 Å². The first-order chi connectivity index (χ1) is 9.09. The van der Waals surface area contributed by atoms with Gasteiger partial charge >= 0.3 is 0 Å². The van der Waals surface area contributed by atoms with E-state index in [4.69, 9.17) is 5.73 Å². The van der Waals surface area contributed by atoms with E-state index < -0.39 is 0 Å². The van der Waals surface area contributed by atoms with Gasteiger partial charge in [0.25, 0.3) is 0 Å². The van der Waals surface area contributed by atoms with Crippen molar-refractivity contribution >= 4 is 23.1 Å². The van der Waals surface area contributed by atoms with E-state index >= 15 is 0 Å². The molecule has 3 rings (SSSR count). The third kappa shape index (κ3) is 1.66. The molecule has 0 fully saturated rings. The zero-order chi connectivity index (χ0) is 13.6. The lowest BCUT2D eigenvalue weighted by Gasteiger charge is -2.21. The molecule has 0 saturated heterocycles. The van der Waals surface area contributed by atoms with E-state index in [0.29, 0.717) is 17.9 Å². The Hall–Kier alpha value is -2.43. The molecule has 0 bridgehead atoms. The van der Waals surface area contributed by atoms with Crippen LogP contribution in [0.25, 0.3) is 0 Å². The number of rotatable bonds is 1. The highest BCUT2D eigenvalue weighted by atomic mass is 16.2. The normalized spacial score (nSPS) is 13.8. The number of anilines is 3. The number of hydrogen-bond donors (Lipinski definition) is 1. The Morgan fingerprint density at radius 2 is 2.11 bits per heavy atom. The smallest absolute Gasteiger partial charge is 0.237 e. The van der Waals surface area contributed by atoms with Crippen molar-refractivity contribution in [2.45, 2.75) is 20.3 Å². The van der Waals surface area contributed by atoms with E-state index in [1.54, 1.807) is 11.1 Å². The molecule has 5 nitrogen and oxygen atoms in total. The Balaban J connectivity index is 2.24. The summed E-state index contributed by atoms with van der Waals surface area (Å²) >= 11 is 0. The van der Waals surface area contributed by atoms with E-state index in [-0.39, 0.29) is 5.91 Å². The molecular weight excluding hydrogens is 240 g/mol. The Morgan fingerprint density at radius 3 is 2.89 bits per heavy atom. The summed E-state index contributed by atoms with van der Waals surface area (Å²) in [5.74, 6) is 0.622. The highest BCUT2D eigenvalue weighted by Crippen LogP contribution is 2.39. The minimum Gasteiger partial charge on any atom is -0.397 e. The Bertz CT molecular complexity index is 681. The quantitative estimate of drug-likeness (QED) is 0.789. The van der Waals surface area contributed by atoms with Crippen molar-refractivity contribution < 1.29 is 4.79 Å². The first-order valence-electron chi connectivity index (χ1n) is 6.07.